The van der Waals surface area contributed by atoms with Crippen LogP contribution in [0.4, 0.5) is 11.4 Å². The van der Waals surface area contributed by atoms with E-state index in [-0.39, 0.29) is 18.4 Å². The number of carbonyl (C=O) groups excluding carboxylic acids is 2. The normalized spacial score (nSPS) is 12.9. The Morgan fingerprint density at radius 3 is 2.57 bits per heavy atom. The van der Waals surface area contributed by atoms with Gasteiger partial charge < -0.3 is 15.0 Å². The second-order valence-electron chi connectivity index (χ2n) is 6.36. The molecule has 1 heterocycles. The number of benzene rings is 3. The molecule has 0 aromatic heterocycles. The average Bonchev–Trinajstić information content (AvgIpc) is 2.72. The summed E-state index contributed by atoms with van der Waals surface area (Å²) in [5, 5.41) is 3.45. The fourth-order valence-electron chi connectivity index (χ4n) is 3.04. The van der Waals surface area contributed by atoms with Crippen molar-refractivity contribution < 1.29 is 14.3 Å². The molecule has 1 aliphatic heterocycles. The van der Waals surface area contributed by atoms with E-state index in [1.165, 1.54) is 0 Å². The van der Waals surface area contributed by atoms with Gasteiger partial charge in [-0.05, 0) is 42.0 Å². The summed E-state index contributed by atoms with van der Waals surface area (Å²) in [6.45, 7) is 0.290. The van der Waals surface area contributed by atoms with Gasteiger partial charge in [-0.2, -0.15) is 0 Å². The van der Waals surface area contributed by atoms with Crippen molar-refractivity contribution in [2.75, 3.05) is 16.8 Å². The zero-order valence-electron chi connectivity index (χ0n) is 14.9. The molecular formula is C22H17ClN2O3. The Morgan fingerprint density at radius 2 is 1.79 bits per heavy atom. The predicted molar refractivity (Wildman–Crippen MR) is 109 cm³/mol. The number of ether oxygens (including phenoxy) is 1. The van der Waals surface area contributed by atoms with Gasteiger partial charge in [0, 0.05) is 16.3 Å². The van der Waals surface area contributed by atoms with Crippen LogP contribution in [0.2, 0.25) is 5.02 Å². The van der Waals surface area contributed by atoms with E-state index in [4.69, 9.17) is 16.3 Å². The summed E-state index contributed by atoms with van der Waals surface area (Å²) in [5.41, 5.74) is 2.57. The molecule has 2 amide bonds. The van der Waals surface area contributed by atoms with Crippen LogP contribution in [0.25, 0.3) is 0 Å². The Bertz CT molecular complexity index is 1040. The first kappa shape index (κ1) is 18.1. The van der Waals surface area contributed by atoms with Crippen molar-refractivity contribution >= 4 is 34.8 Å². The number of halogens is 1. The summed E-state index contributed by atoms with van der Waals surface area (Å²) < 4.78 is 5.54. The topological polar surface area (TPSA) is 58.6 Å². The Morgan fingerprint density at radius 1 is 1.04 bits per heavy atom. The number of amides is 2. The molecule has 5 nitrogen and oxygen atoms in total. The third kappa shape index (κ3) is 3.70. The number of anilines is 2. The SMILES string of the molecule is O=C(Nc1ccc2c(c1)N(Cc1ccccc1Cl)C(=O)CO2)c1ccccc1. The second-order valence-corrected chi connectivity index (χ2v) is 6.77. The van der Waals surface area contributed by atoms with Crippen molar-refractivity contribution in [1.82, 2.24) is 0 Å². The van der Waals surface area contributed by atoms with Crippen molar-refractivity contribution in [2.45, 2.75) is 6.54 Å². The van der Waals surface area contributed by atoms with Gasteiger partial charge in [0.15, 0.2) is 6.61 Å². The van der Waals surface area contributed by atoms with Gasteiger partial charge in [0.2, 0.25) is 0 Å². The van der Waals surface area contributed by atoms with Gasteiger partial charge in [0.05, 0.1) is 12.2 Å². The standard InChI is InChI=1S/C22H17ClN2O3/c23-18-9-5-4-8-16(18)13-25-19-12-17(10-11-20(19)28-14-21(25)26)24-22(27)15-6-2-1-3-7-15/h1-12H,13-14H2,(H,24,27). The molecule has 0 saturated carbocycles. The van der Waals surface area contributed by atoms with Gasteiger partial charge >= 0.3 is 0 Å². The largest absolute Gasteiger partial charge is 0.482 e. The molecule has 28 heavy (non-hydrogen) atoms. The lowest BCUT2D eigenvalue weighted by molar-refractivity contribution is -0.121. The van der Waals surface area contributed by atoms with Crippen molar-refractivity contribution in [1.29, 1.82) is 0 Å². The minimum absolute atomic E-state index is 0.0345. The van der Waals surface area contributed by atoms with Crippen molar-refractivity contribution in [3.05, 3.63) is 88.9 Å². The summed E-state index contributed by atoms with van der Waals surface area (Å²) in [6, 6.07) is 21.6. The molecule has 1 N–H and O–H groups in total. The van der Waals surface area contributed by atoms with E-state index >= 15 is 0 Å². The fourth-order valence-corrected chi connectivity index (χ4v) is 3.24. The van der Waals surface area contributed by atoms with E-state index in [2.05, 4.69) is 5.32 Å². The van der Waals surface area contributed by atoms with E-state index in [9.17, 15) is 9.59 Å². The fraction of sp³-hybridized carbons (Fsp3) is 0.0909. The van der Waals surface area contributed by atoms with E-state index in [0.717, 1.165) is 5.56 Å². The molecule has 0 atom stereocenters. The van der Waals surface area contributed by atoms with Crippen LogP contribution in [0.5, 0.6) is 5.75 Å². The molecule has 4 rings (SSSR count). The maximum atomic E-state index is 12.5. The van der Waals surface area contributed by atoms with Crippen LogP contribution in [0, 0.1) is 0 Å². The van der Waals surface area contributed by atoms with Crippen LogP contribution in [0.1, 0.15) is 15.9 Å². The summed E-state index contributed by atoms with van der Waals surface area (Å²) in [4.78, 5) is 26.5. The van der Waals surface area contributed by atoms with Gasteiger partial charge in [0.1, 0.15) is 5.75 Å². The van der Waals surface area contributed by atoms with E-state index in [1.54, 1.807) is 53.4 Å². The molecule has 140 valence electrons. The maximum Gasteiger partial charge on any atom is 0.265 e. The van der Waals surface area contributed by atoms with Crippen LogP contribution in [-0.2, 0) is 11.3 Å². The van der Waals surface area contributed by atoms with Gasteiger partial charge in [-0.25, -0.2) is 0 Å². The first-order chi connectivity index (χ1) is 13.6. The van der Waals surface area contributed by atoms with Gasteiger partial charge in [-0.15, -0.1) is 0 Å². The van der Waals surface area contributed by atoms with E-state index < -0.39 is 0 Å². The van der Waals surface area contributed by atoms with Crippen LogP contribution in [0.15, 0.2) is 72.8 Å². The molecule has 3 aromatic carbocycles. The van der Waals surface area contributed by atoms with Gasteiger partial charge in [0.25, 0.3) is 11.8 Å². The molecule has 0 spiro atoms. The third-order valence-electron chi connectivity index (χ3n) is 4.48. The van der Waals surface area contributed by atoms with Crippen LogP contribution in [-0.4, -0.2) is 18.4 Å². The van der Waals surface area contributed by atoms with Crippen LogP contribution >= 0.6 is 11.6 Å². The Labute approximate surface area is 167 Å². The highest BCUT2D eigenvalue weighted by Crippen LogP contribution is 2.36. The van der Waals surface area contributed by atoms with E-state index in [0.29, 0.717) is 34.3 Å². The van der Waals surface area contributed by atoms with Crippen LogP contribution in [0.3, 0.4) is 0 Å². The Hall–Kier alpha value is -3.31. The molecule has 6 heteroatoms. The zero-order chi connectivity index (χ0) is 19.5. The molecule has 0 saturated heterocycles. The van der Waals surface area contributed by atoms with Crippen LogP contribution < -0.4 is 15.0 Å². The second kappa shape index (κ2) is 7.74. The quantitative estimate of drug-likeness (QED) is 0.710. The Balaban J connectivity index is 1.62. The minimum atomic E-state index is -0.221. The number of hydrogen-bond acceptors (Lipinski definition) is 3. The summed E-state index contributed by atoms with van der Waals surface area (Å²) in [7, 11) is 0. The molecular weight excluding hydrogens is 376 g/mol. The average molecular weight is 393 g/mol. The summed E-state index contributed by atoms with van der Waals surface area (Å²) in [6.07, 6.45) is 0. The lowest BCUT2D eigenvalue weighted by Gasteiger charge is -2.30. The monoisotopic (exact) mass is 392 g/mol. The summed E-state index contributed by atoms with van der Waals surface area (Å²) >= 11 is 6.26. The van der Waals surface area contributed by atoms with Crippen molar-refractivity contribution in [3.63, 3.8) is 0 Å². The number of fused-ring (bicyclic) bond motifs is 1. The number of carbonyl (C=O) groups is 2. The molecule has 3 aromatic rings. The first-order valence-electron chi connectivity index (χ1n) is 8.79. The molecule has 0 aliphatic carbocycles. The smallest absolute Gasteiger partial charge is 0.265 e. The number of hydrogen-bond donors (Lipinski definition) is 1. The lowest BCUT2D eigenvalue weighted by Crippen LogP contribution is -2.38. The third-order valence-corrected chi connectivity index (χ3v) is 4.85. The van der Waals surface area contributed by atoms with Gasteiger partial charge in [-0.3, -0.25) is 9.59 Å². The highest BCUT2D eigenvalue weighted by Gasteiger charge is 2.26. The first-order valence-corrected chi connectivity index (χ1v) is 9.16. The van der Waals surface area contributed by atoms with E-state index in [1.807, 2.05) is 24.3 Å². The number of nitrogens with one attached hydrogen (secondary N) is 1. The summed E-state index contributed by atoms with van der Waals surface area (Å²) in [5.74, 6) is 0.199. The van der Waals surface area contributed by atoms with Gasteiger partial charge in [-0.1, -0.05) is 48.0 Å². The highest BCUT2D eigenvalue weighted by molar-refractivity contribution is 6.31. The van der Waals surface area contributed by atoms with Crippen molar-refractivity contribution in [2.24, 2.45) is 0 Å². The Kier molecular flexibility index (Phi) is 5.00. The predicted octanol–water partition coefficient (Wildman–Crippen LogP) is 4.52. The number of rotatable bonds is 4. The van der Waals surface area contributed by atoms with Crippen molar-refractivity contribution in [3.8, 4) is 5.75 Å². The molecule has 0 unspecified atom stereocenters. The molecule has 0 radical (unpaired) electrons. The molecule has 0 fully saturated rings. The number of nitrogens with zero attached hydrogens (tertiary/aromatic N) is 1. The minimum Gasteiger partial charge on any atom is -0.482 e. The lowest BCUT2D eigenvalue weighted by atomic mass is 10.1. The zero-order valence-corrected chi connectivity index (χ0v) is 15.6. The molecule has 1 aliphatic rings. The highest BCUT2D eigenvalue weighted by atomic mass is 35.5. The molecule has 0 bridgehead atoms. The maximum absolute atomic E-state index is 12.5.